The van der Waals surface area contributed by atoms with Crippen molar-refractivity contribution in [3.63, 3.8) is 0 Å². The lowest BCUT2D eigenvalue weighted by Gasteiger charge is -2.42. The molecular weight excluding hydrogens is 649 g/mol. The van der Waals surface area contributed by atoms with Gasteiger partial charge in [0.2, 0.25) is 5.95 Å². The first-order chi connectivity index (χ1) is 22.5. The predicted octanol–water partition coefficient (Wildman–Crippen LogP) is 7.02. The molecule has 1 unspecified atom stereocenters. The van der Waals surface area contributed by atoms with Crippen molar-refractivity contribution < 1.29 is 37.0 Å². The summed E-state index contributed by atoms with van der Waals surface area (Å²) in [6, 6.07) is 4.81. The Bertz CT molecular complexity index is 2060. The summed E-state index contributed by atoms with van der Waals surface area (Å²) < 4.78 is 59.5. The molecule has 2 aliphatic rings. The third-order valence-electron chi connectivity index (χ3n) is 8.01. The van der Waals surface area contributed by atoms with E-state index in [1.807, 2.05) is 6.07 Å². The second-order valence-corrected chi connectivity index (χ2v) is 14.8. The summed E-state index contributed by atoms with van der Waals surface area (Å²) in [5.74, 6) is -3.33. The molecule has 1 saturated heterocycles. The van der Waals surface area contributed by atoms with E-state index in [-0.39, 0.29) is 74.4 Å². The molecule has 0 saturated carbocycles. The number of nitrogens with zero attached hydrogens (tertiary/aromatic N) is 5. The monoisotopic (exact) mass is 682 g/mol. The van der Waals surface area contributed by atoms with Crippen LogP contribution in [0.15, 0.2) is 18.2 Å². The third-order valence-corrected chi connectivity index (χ3v) is 9.12. The Morgan fingerprint density at radius 3 is 2.38 bits per heavy atom. The Hall–Kier alpha value is -4.84. The molecule has 11 nitrogen and oxygen atoms in total. The van der Waals surface area contributed by atoms with Crippen LogP contribution >= 0.6 is 11.3 Å². The number of fused-ring (bicyclic) bond motifs is 2. The van der Waals surface area contributed by atoms with Gasteiger partial charge in [0.05, 0.1) is 32.8 Å². The zero-order chi connectivity index (χ0) is 34.9. The van der Waals surface area contributed by atoms with Crippen LogP contribution in [-0.4, -0.2) is 74.6 Å². The molecule has 48 heavy (non-hydrogen) atoms. The molecule has 1 N–H and O–H groups in total. The number of piperazine rings is 1. The van der Waals surface area contributed by atoms with Crippen LogP contribution in [-0.2, 0) is 16.0 Å². The maximum atomic E-state index is 16.4. The number of halogens is 3. The van der Waals surface area contributed by atoms with Gasteiger partial charge in [-0.2, -0.15) is 9.65 Å². The Kier molecular flexibility index (Phi) is 8.06. The highest BCUT2D eigenvalue weighted by Gasteiger charge is 2.38. The van der Waals surface area contributed by atoms with Crippen molar-refractivity contribution >= 4 is 55.4 Å². The minimum absolute atomic E-state index is 0.0164. The molecule has 2 aromatic carbocycles. The van der Waals surface area contributed by atoms with E-state index >= 15 is 13.2 Å². The van der Waals surface area contributed by atoms with Crippen molar-refractivity contribution in [2.24, 2.45) is 0 Å². The van der Waals surface area contributed by atoms with E-state index in [9.17, 15) is 19.6 Å². The molecule has 252 valence electrons. The van der Waals surface area contributed by atoms with Gasteiger partial charge >= 0.3 is 12.2 Å². The summed E-state index contributed by atoms with van der Waals surface area (Å²) in [5.41, 5.74) is -2.11. The zero-order valence-corrected chi connectivity index (χ0v) is 28.0. The second-order valence-electron chi connectivity index (χ2n) is 13.7. The first-order valence-corrected chi connectivity index (χ1v) is 16.1. The molecule has 0 spiro atoms. The summed E-state index contributed by atoms with van der Waals surface area (Å²) >= 11 is 0.757. The topological polar surface area (TPSA) is 130 Å². The first-order valence-electron chi connectivity index (χ1n) is 15.3. The van der Waals surface area contributed by atoms with Crippen molar-refractivity contribution in [2.75, 3.05) is 25.0 Å². The number of carbonyl (C=O) groups is 3. The van der Waals surface area contributed by atoms with Gasteiger partial charge in [-0.1, -0.05) is 6.07 Å². The maximum absolute atomic E-state index is 16.4. The Labute approximate surface area is 277 Å². The summed E-state index contributed by atoms with van der Waals surface area (Å²) in [6.07, 6.45) is -1.08. The Morgan fingerprint density at radius 1 is 1.00 bits per heavy atom. The van der Waals surface area contributed by atoms with Crippen molar-refractivity contribution in [1.29, 1.82) is 5.26 Å². The average molecular weight is 683 g/mol. The zero-order valence-electron chi connectivity index (χ0n) is 27.2. The van der Waals surface area contributed by atoms with Crippen LogP contribution in [0.1, 0.15) is 63.9 Å². The van der Waals surface area contributed by atoms with Crippen molar-refractivity contribution in [1.82, 2.24) is 19.6 Å². The highest BCUT2D eigenvalue weighted by Crippen LogP contribution is 2.46. The molecule has 0 radical (unpaired) electrons. The Balaban J connectivity index is 1.45. The van der Waals surface area contributed by atoms with Crippen molar-refractivity contribution in [3.8, 4) is 17.2 Å². The van der Waals surface area contributed by atoms with Gasteiger partial charge in [0.1, 0.15) is 33.9 Å². The number of ether oxygens (including phenoxy) is 2. The van der Waals surface area contributed by atoms with E-state index < -0.39 is 52.9 Å². The van der Waals surface area contributed by atoms with Crippen LogP contribution in [0.2, 0.25) is 0 Å². The van der Waals surface area contributed by atoms with Crippen molar-refractivity contribution in [3.05, 3.63) is 46.9 Å². The van der Waals surface area contributed by atoms with Crippen LogP contribution in [0.3, 0.4) is 0 Å². The van der Waals surface area contributed by atoms with Gasteiger partial charge in [-0.25, -0.2) is 18.4 Å². The molecule has 2 aromatic heterocycles. The lowest BCUT2D eigenvalue weighted by atomic mass is 9.93. The van der Waals surface area contributed by atoms with Gasteiger partial charge in [-0.05, 0) is 65.7 Å². The largest absolute Gasteiger partial charge is 0.444 e. The van der Waals surface area contributed by atoms with E-state index in [1.54, 1.807) is 46.4 Å². The molecule has 4 aromatic rings. The van der Waals surface area contributed by atoms with Gasteiger partial charge < -0.3 is 19.3 Å². The maximum Gasteiger partial charge on any atom is 0.412 e. The van der Waals surface area contributed by atoms with Crippen molar-refractivity contribution in [2.45, 2.75) is 71.8 Å². The minimum atomic E-state index is -1.05. The smallest absolute Gasteiger partial charge is 0.412 e. The average Bonchev–Trinajstić information content (AvgIpc) is 3.51. The molecule has 0 aliphatic carbocycles. The summed E-state index contributed by atoms with van der Waals surface area (Å²) in [4.78, 5) is 42.4. The lowest BCUT2D eigenvalue weighted by Crippen LogP contribution is -2.57. The number of hydrogen-bond acceptors (Lipinski definition) is 8. The van der Waals surface area contributed by atoms with E-state index in [1.165, 1.54) is 15.6 Å². The number of rotatable bonds is 2. The van der Waals surface area contributed by atoms with Crippen LogP contribution in [0, 0.1) is 28.9 Å². The SMILES string of the molecule is CC(C)(C)OC(=O)Nc1sc2c(F)ccc(-c3c(F)cc4c5c3c(F)nn5CCC3CN(C(=O)OC(C)(C)C)CCN3C4=O)c2c1C#N. The van der Waals surface area contributed by atoms with E-state index in [2.05, 4.69) is 10.4 Å². The quantitative estimate of drug-likeness (QED) is 0.241. The normalized spacial score (nSPS) is 16.8. The number of amides is 3. The van der Waals surface area contributed by atoms with Gasteiger partial charge in [-0.15, -0.1) is 16.4 Å². The first kappa shape index (κ1) is 33.1. The predicted molar refractivity (Wildman–Crippen MR) is 172 cm³/mol. The number of thiophene rings is 1. The van der Waals surface area contributed by atoms with Crippen LogP contribution in [0.4, 0.5) is 27.8 Å². The molecule has 6 rings (SSSR count). The van der Waals surface area contributed by atoms with Crippen LogP contribution in [0.25, 0.3) is 32.1 Å². The molecule has 0 bridgehead atoms. The van der Waals surface area contributed by atoms with E-state index in [4.69, 9.17) is 9.47 Å². The van der Waals surface area contributed by atoms with Gasteiger partial charge in [0.15, 0.2) is 0 Å². The summed E-state index contributed by atoms with van der Waals surface area (Å²) in [6.45, 7) is 10.9. The number of nitriles is 1. The highest BCUT2D eigenvalue weighted by molar-refractivity contribution is 7.23. The molecule has 2 aliphatic heterocycles. The standard InChI is InChI=1S/C33H33F3N6O5S/c1-32(2,3)46-30(44)38-28-19(14-37)22-17(7-8-20(34)26(22)48-28)23-21(35)13-18-25-24(23)27(36)39-42(25)10-9-16-15-40(11-12-41(16)29(18)43)31(45)47-33(4,5)6/h7-8,13,16H,9-12,15H2,1-6H3,(H,38,44). The van der Waals surface area contributed by atoms with Gasteiger partial charge in [0, 0.05) is 37.1 Å². The molecule has 1 fully saturated rings. The Morgan fingerprint density at radius 2 is 1.71 bits per heavy atom. The molecule has 15 heteroatoms. The number of aromatic nitrogens is 2. The fourth-order valence-corrected chi connectivity index (χ4v) is 7.23. The van der Waals surface area contributed by atoms with Gasteiger partial charge in [0.25, 0.3) is 5.91 Å². The molecular formula is C33H33F3N6O5S. The van der Waals surface area contributed by atoms with Gasteiger partial charge in [-0.3, -0.25) is 14.8 Å². The number of hydrogen-bond donors (Lipinski definition) is 1. The van der Waals surface area contributed by atoms with Crippen LogP contribution in [0.5, 0.6) is 0 Å². The fraction of sp³-hybridized carbons (Fsp3) is 0.424. The third kappa shape index (κ3) is 5.89. The summed E-state index contributed by atoms with van der Waals surface area (Å²) in [7, 11) is 0. The lowest BCUT2D eigenvalue weighted by molar-refractivity contribution is 0.00274. The molecule has 3 amide bonds. The fourth-order valence-electron chi connectivity index (χ4n) is 6.16. The second kappa shape index (κ2) is 11.7. The molecule has 4 heterocycles. The number of aryl methyl sites for hydroxylation is 1. The highest BCUT2D eigenvalue weighted by atomic mass is 32.1. The van der Waals surface area contributed by atoms with E-state index in [0.717, 1.165) is 23.5 Å². The number of anilines is 1. The van der Waals surface area contributed by atoms with Crippen LogP contribution < -0.4 is 5.32 Å². The molecule has 1 atom stereocenters. The number of carbonyl (C=O) groups excluding carboxylic acids is 3. The number of nitrogens with one attached hydrogen (secondary N) is 1. The number of benzene rings is 2. The van der Waals surface area contributed by atoms with E-state index in [0.29, 0.717) is 6.42 Å². The minimum Gasteiger partial charge on any atom is -0.444 e. The summed E-state index contributed by atoms with van der Waals surface area (Å²) in [5, 5.41) is 16.3.